The summed E-state index contributed by atoms with van der Waals surface area (Å²) in [6.45, 7) is 0.421. The van der Waals surface area contributed by atoms with Gasteiger partial charge in [0.2, 0.25) is 10.0 Å². The lowest BCUT2D eigenvalue weighted by Crippen LogP contribution is -2.32. The van der Waals surface area contributed by atoms with E-state index in [0.29, 0.717) is 12.6 Å². The molecule has 1 unspecified atom stereocenters. The third kappa shape index (κ3) is 3.45. The van der Waals surface area contributed by atoms with E-state index < -0.39 is 10.0 Å². The van der Waals surface area contributed by atoms with Gasteiger partial charge in [-0.3, -0.25) is 4.98 Å². The molecular formula is C16H19N3O2S. The summed E-state index contributed by atoms with van der Waals surface area (Å²) < 4.78 is 26.9. The molecule has 1 atom stereocenters. The van der Waals surface area contributed by atoms with Crippen LogP contribution in [-0.2, 0) is 16.4 Å². The maximum absolute atomic E-state index is 12.1. The Balaban J connectivity index is 1.54. The number of nitrogens with one attached hydrogen (secondary N) is 2. The molecular weight excluding hydrogens is 298 g/mol. The van der Waals surface area contributed by atoms with E-state index in [-0.39, 0.29) is 4.90 Å². The Bertz CT molecular complexity index is 732. The number of hydrogen-bond acceptors (Lipinski definition) is 4. The van der Waals surface area contributed by atoms with Crippen LogP contribution in [0.15, 0.2) is 53.7 Å². The van der Waals surface area contributed by atoms with Crippen molar-refractivity contribution < 1.29 is 8.42 Å². The summed E-state index contributed by atoms with van der Waals surface area (Å²) in [5.41, 5.74) is 2.49. The molecule has 0 bridgehead atoms. The highest BCUT2D eigenvalue weighted by Gasteiger charge is 2.18. The predicted molar refractivity (Wildman–Crippen MR) is 86.2 cm³/mol. The zero-order valence-electron chi connectivity index (χ0n) is 12.2. The lowest BCUT2D eigenvalue weighted by Gasteiger charge is -2.27. The van der Waals surface area contributed by atoms with Crippen LogP contribution in [0.3, 0.4) is 0 Å². The number of aromatic nitrogens is 1. The van der Waals surface area contributed by atoms with Crippen molar-refractivity contribution in [3.05, 3.63) is 54.4 Å². The number of para-hydroxylation sites is 1. The minimum Gasteiger partial charge on any atom is -0.382 e. The van der Waals surface area contributed by atoms with E-state index in [1.54, 1.807) is 0 Å². The fourth-order valence-corrected chi connectivity index (χ4v) is 3.72. The van der Waals surface area contributed by atoms with Gasteiger partial charge in [0.15, 0.2) is 0 Å². The second-order valence-corrected chi connectivity index (χ2v) is 7.17. The molecule has 0 aliphatic carbocycles. The first-order valence-corrected chi connectivity index (χ1v) is 8.87. The van der Waals surface area contributed by atoms with E-state index in [9.17, 15) is 8.42 Å². The lowest BCUT2D eigenvalue weighted by molar-refractivity contribution is 0.555. The Labute approximate surface area is 130 Å². The van der Waals surface area contributed by atoms with Gasteiger partial charge in [-0.2, -0.15) is 0 Å². The smallest absolute Gasteiger partial charge is 0.240 e. The number of aryl methyl sites for hydroxylation is 1. The van der Waals surface area contributed by atoms with E-state index in [1.165, 1.54) is 30.1 Å². The molecule has 2 heterocycles. The number of nitrogens with zero attached hydrogens (tertiary/aromatic N) is 1. The van der Waals surface area contributed by atoms with Gasteiger partial charge in [-0.1, -0.05) is 18.2 Å². The summed E-state index contributed by atoms with van der Waals surface area (Å²) in [6, 6.07) is 11.6. The van der Waals surface area contributed by atoms with E-state index in [2.05, 4.69) is 27.2 Å². The molecule has 116 valence electrons. The summed E-state index contributed by atoms with van der Waals surface area (Å²) in [6.07, 6.45) is 5.78. The number of rotatable bonds is 5. The van der Waals surface area contributed by atoms with Crippen molar-refractivity contribution in [1.29, 1.82) is 0 Å². The van der Waals surface area contributed by atoms with Gasteiger partial charge in [0.1, 0.15) is 0 Å². The zero-order valence-corrected chi connectivity index (χ0v) is 13.0. The first-order valence-electron chi connectivity index (χ1n) is 7.39. The first-order chi connectivity index (χ1) is 10.6. The molecule has 22 heavy (non-hydrogen) atoms. The molecule has 0 saturated carbocycles. The van der Waals surface area contributed by atoms with Crippen LogP contribution in [-0.4, -0.2) is 26.0 Å². The minimum atomic E-state index is -3.44. The van der Waals surface area contributed by atoms with Crippen molar-refractivity contribution in [2.75, 3.05) is 11.9 Å². The Kier molecular flexibility index (Phi) is 4.40. The standard InChI is InChI=1S/C16H19N3O2S/c20-22(21,15-8-10-17-11-9-15)18-12-7-14-6-5-13-3-1-2-4-16(13)19-14/h1-4,8-11,14,18-19H,5-7,12H2. The zero-order chi connectivity index (χ0) is 15.4. The van der Waals surface area contributed by atoms with Crippen LogP contribution in [0.1, 0.15) is 18.4 Å². The molecule has 1 aliphatic rings. The number of benzene rings is 1. The Morgan fingerprint density at radius 2 is 1.95 bits per heavy atom. The van der Waals surface area contributed by atoms with Crippen molar-refractivity contribution in [3.63, 3.8) is 0 Å². The van der Waals surface area contributed by atoms with Gasteiger partial charge >= 0.3 is 0 Å². The van der Waals surface area contributed by atoms with Crippen LogP contribution in [0.25, 0.3) is 0 Å². The third-order valence-corrected chi connectivity index (χ3v) is 5.36. The van der Waals surface area contributed by atoms with Crippen molar-refractivity contribution in [2.45, 2.75) is 30.2 Å². The van der Waals surface area contributed by atoms with Gasteiger partial charge < -0.3 is 5.32 Å². The molecule has 5 nitrogen and oxygen atoms in total. The molecule has 0 spiro atoms. The average molecular weight is 317 g/mol. The van der Waals surface area contributed by atoms with Crippen LogP contribution in [0, 0.1) is 0 Å². The van der Waals surface area contributed by atoms with Crippen LogP contribution in [0.2, 0.25) is 0 Å². The molecule has 0 amide bonds. The summed E-state index contributed by atoms with van der Waals surface area (Å²) in [7, 11) is -3.44. The summed E-state index contributed by atoms with van der Waals surface area (Å²) in [4.78, 5) is 4.09. The first kappa shape index (κ1) is 15.0. The molecule has 1 aromatic heterocycles. The normalized spacial score (nSPS) is 17.5. The van der Waals surface area contributed by atoms with Gasteiger partial charge in [-0.15, -0.1) is 0 Å². The van der Waals surface area contributed by atoms with E-state index >= 15 is 0 Å². The van der Waals surface area contributed by atoms with Crippen LogP contribution in [0.4, 0.5) is 5.69 Å². The van der Waals surface area contributed by atoms with Gasteiger partial charge in [-0.05, 0) is 43.0 Å². The van der Waals surface area contributed by atoms with Crippen LogP contribution >= 0.6 is 0 Å². The monoisotopic (exact) mass is 317 g/mol. The number of fused-ring (bicyclic) bond motifs is 1. The molecule has 0 saturated heterocycles. The molecule has 3 rings (SSSR count). The van der Waals surface area contributed by atoms with Crippen molar-refractivity contribution in [1.82, 2.24) is 9.71 Å². The topological polar surface area (TPSA) is 71.1 Å². The van der Waals surface area contributed by atoms with Gasteiger partial charge in [0, 0.05) is 30.7 Å². The molecule has 1 aliphatic heterocycles. The quantitative estimate of drug-likeness (QED) is 0.886. The third-order valence-electron chi connectivity index (χ3n) is 3.88. The Hall–Kier alpha value is -1.92. The highest BCUT2D eigenvalue weighted by Crippen LogP contribution is 2.25. The van der Waals surface area contributed by atoms with Crippen LogP contribution < -0.4 is 10.0 Å². The largest absolute Gasteiger partial charge is 0.382 e. The summed E-state index contributed by atoms with van der Waals surface area (Å²) >= 11 is 0. The highest BCUT2D eigenvalue weighted by molar-refractivity contribution is 7.89. The Morgan fingerprint density at radius 3 is 2.77 bits per heavy atom. The minimum absolute atomic E-state index is 0.254. The predicted octanol–water partition coefficient (Wildman–Crippen LogP) is 2.18. The average Bonchev–Trinajstić information content (AvgIpc) is 2.55. The molecule has 0 fully saturated rings. The maximum Gasteiger partial charge on any atom is 0.240 e. The SMILES string of the molecule is O=S(=O)(NCCC1CCc2ccccc2N1)c1ccncc1. The molecule has 6 heteroatoms. The number of sulfonamides is 1. The maximum atomic E-state index is 12.1. The summed E-state index contributed by atoms with van der Waals surface area (Å²) in [5, 5.41) is 3.48. The second kappa shape index (κ2) is 6.46. The van der Waals surface area contributed by atoms with Crippen molar-refractivity contribution in [2.24, 2.45) is 0 Å². The van der Waals surface area contributed by atoms with E-state index in [4.69, 9.17) is 0 Å². The second-order valence-electron chi connectivity index (χ2n) is 5.41. The van der Waals surface area contributed by atoms with Crippen LogP contribution in [0.5, 0.6) is 0 Å². The molecule has 2 N–H and O–H groups in total. The number of hydrogen-bond donors (Lipinski definition) is 2. The summed E-state index contributed by atoms with van der Waals surface area (Å²) in [5.74, 6) is 0. The van der Waals surface area contributed by atoms with Gasteiger partial charge in [0.25, 0.3) is 0 Å². The molecule has 0 radical (unpaired) electrons. The van der Waals surface area contributed by atoms with E-state index in [0.717, 1.165) is 24.9 Å². The van der Waals surface area contributed by atoms with Crippen molar-refractivity contribution >= 4 is 15.7 Å². The lowest BCUT2D eigenvalue weighted by atomic mass is 9.96. The molecule has 2 aromatic rings. The number of anilines is 1. The van der Waals surface area contributed by atoms with Gasteiger partial charge in [-0.25, -0.2) is 13.1 Å². The fraction of sp³-hybridized carbons (Fsp3) is 0.312. The van der Waals surface area contributed by atoms with Crippen molar-refractivity contribution in [3.8, 4) is 0 Å². The van der Waals surface area contributed by atoms with E-state index in [1.807, 2.05) is 12.1 Å². The number of pyridine rings is 1. The fourth-order valence-electron chi connectivity index (χ4n) is 2.69. The molecule has 1 aromatic carbocycles. The van der Waals surface area contributed by atoms with Gasteiger partial charge in [0.05, 0.1) is 4.90 Å². The highest BCUT2D eigenvalue weighted by atomic mass is 32.2. The Morgan fingerprint density at radius 1 is 1.18 bits per heavy atom.